The third kappa shape index (κ3) is 3.40. The summed E-state index contributed by atoms with van der Waals surface area (Å²) in [5, 5.41) is 0. The summed E-state index contributed by atoms with van der Waals surface area (Å²) < 4.78 is 47.2. The fraction of sp³-hybridized carbons (Fsp3) is 0.100. The normalized spacial score (nSPS) is 13.2. The molecule has 1 amide bonds. The number of amides is 1. The molecule has 0 spiro atoms. The van der Waals surface area contributed by atoms with Crippen molar-refractivity contribution >= 4 is 27.4 Å². The van der Waals surface area contributed by atoms with E-state index in [0.717, 1.165) is 0 Å². The number of hydrogen-bond donors (Lipinski definition) is 1. The maximum atomic E-state index is 13.4. The Morgan fingerprint density at radius 2 is 1.90 bits per heavy atom. The highest BCUT2D eigenvalue weighted by Crippen LogP contribution is 2.37. The zero-order valence-electron chi connectivity index (χ0n) is 15.5. The Morgan fingerprint density at radius 3 is 2.66 bits per heavy atom. The molecule has 0 saturated carbocycles. The smallest absolute Gasteiger partial charge is 0.263 e. The van der Waals surface area contributed by atoms with E-state index in [1.54, 1.807) is 12.1 Å². The van der Waals surface area contributed by atoms with Crippen LogP contribution in [-0.4, -0.2) is 26.4 Å². The first-order chi connectivity index (χ1) is 13.8. The number of aromatic nitrogens is 1. The molecule has 1 N–H and O–H groups in total. The number of benzene rings is 2. The second-order valence-electron chi connectivity index (χ2n) is 6.52. The van der Waals surface area contributed by atoms with Gasteiger partial charge < -0.3 is 4.74 Å². The van der Waals surface area contributed by atoms with Crippen LogP contribution in [0.15, 0.2) is 59.6 Å². The van der Waals surface area contributed by atoms with Crippen LogP contribution in [0.1, 0.15) is 15.9 Å². The molecule has 1 aliphatic heterocycles. The number of aryl methyl sites for hydroxylation is 1. The number of rotatable bonds is 3. The van der Waals surface area contributed by atoms with Gasteiger partial charge in [0.1, 0.15) is 11.6 Å². The molecule has 7 nitrogen and oxygen atoms in total. The van der Waals surface area contributed by atoms with E-state index in [0.29, 0.717) is 17.1 Å². The molecule has 29 heavy (non-hydrogen) atoms. The molecule has 9 heteroatoms. The average molecular weight is 413 g/mol. The lowest BCUT2D eigenvalue weighted by Crippen LogP contribution is -2.26. The molecule has 1 aromatic heterocycles. The molecule has 0 bridgehead atoms. The highest BCUT2D eigenvalue weighted by Gasteiger charge is 2.28. The van der Waals surface area contributed by atoms with Gasteiger partial charge in [-0.05, 0) is 61.0 Å². The number of ether oxygens (including phenoxy) is 1. The highest BCUT2D eigenvalue weighted by molar-refractivity contribution is 7.92. The van der Waals surface area contributed by atoms with Crippen molar-refractivity contribution in [2.75, 3.05) is 16.7 Å². The number of nitrogens with zero attached hydrogens (tertiary/aromatic N) is 2. The van der Waals surface area contributed by atoms with E-state index in [1.807, 2.05) is 0 Å². The zero-order valence-corrected chi connectivity index (χ0v) is 16.3. The van der Waals surface area contributed by atoms with Crippen molar-refractivity contribution in [3.63, 3.8) is 0 Å². The van der Waals surface area contributed by atoms with Crippen molar-refractivity contribution in [3.05, 3.63) is 71.7 Å². The second-order valence-corrected chi connectivity index (χ2v) is 8.20. The lowest BCUT2D eigenvalue weighted by Gasteiger charge is -2.14. The first kappa shape index (κ1) is 18.9. The number of halogens is 1. The van der Waals surface area contributed by atoms with E-state index in [1.165, 1.54) is 61.5 Å². The third-order valence-electron chi connectivity index (χ3n) is 4.50. The molecular weight excluding hydrogens is 397 g/mol. The van der Waals surface area contributed by atoms with Gasteiger partial charge in [-0.15, -0.1) is 0 Å². The van der Waals surface area contributed by atoms with Gasteiger partial charge in [0.25, 0.3) is 15.9 Å². The van der Waals surface area contributed by atoms with Crippen LogP contribution < -0.4 is 14.4 Å². The van der Waals surface area contributed by atoms with Crippen LogP contribution in [0.25, 0.3) is 0 Å². The number of carbonyl (C=O) groups excluding carboxylic acids is 1. The van der Waals surface area contributed by atoms with Gasteiger partial charge in [0.05, 0.1) is 10.5 Å². The first-order valence-corrected chi connectivity index (χ1v) is 10.1. The Hall–Kier alpha value is -3.46. The van der Waals surface area contributed by atoms with E-state index >= 15 is 0 Å². The summed E-state index contributed by atoms with van der Waals surface area (Å²) in [5.41, 5.74) is 0.612. The van der Waals surface area contributed by atoms with Crippen LogP contribution >= 0.6 is 0 Å². The molecule has 3 aromatic rings. The molecule has 0 radical (unpaired) electrons. The summed E-state index contributed by atoms with van der Waals surface area (Å²) in [6, 6.07) is 11.3. The lowest BCUT2D eigenvalue weighted by atomic mass is 10.2. The van der Waals surface area contributed by atoms with Crippen LogP contribution in [0.3, 0.4) is 0 Å². The Kier molecular flexibility index (Phi) is 4.46. The van der Waals surface area contributed by atoms with Gasteiger partial charge in [0.2, 0.25) is 0 Å². The molecule has 0 fully saturated rings. The molecule has 4 rings (SSSR count). The molecule has 0 aliphatic carbocycles. The topological polar surface area (TPSA) is 88.6 Å². The summed E-state index contributed by atoms with van der Waals surface area (Å²) in [6.45, 7) is 1.53. The number of sulfonamides is 1. The molecule has 0 atom stereocenters. The quantitative estimate of drug-likeness (QED) is 0.707. The van der Waals surface area contributed by atoms with Gasteiger partial charge >= 0.3 is 0 Å². The zero-order chi connectivity index (χ0) is 20.8. The van der Waals surface area contributed by atoms with Crippen molar-refractivity contribution in [3.8, 4) is 11.5 Å². The lowest BCUT2D eigenvalue weighted by molar-refractivity contribution is 0.0992. The number of pyridine rings is 1. The van der Waals surface area contributed by atoms with Crippen LogP contribution in [-0.2, 0) is 10.0 Å². The van der Waals surface area contributed by atoms with E-state index < -0.39 is 21.7 Å². The molecule has 0 saturated heterocycles. The third-order valence-corrected chi connectivity index (χ3v) is 5.87. The average Bonchev–Trinajstić information content (AvgIpc) is 2.79. The van der Waals surface area contributed by atoms with Crippen LogP contribution in [0.4, 0.5) is 15.9 Å². The highest BCUT2D eigenvalue weighted by atomic mass is 32.2. The minimum absolute atomic E-state index is 0.0867. The van der Waals surface area contributed by atoms with E-state index in [9.17, 15) is 17.6 Å². The van der Waals surface area contributed by atoms with Crippen molar-refractivity contribution in [2.45, 2.75) is 11.8 Å². The van der Waals surface area contributed by atoms with Gasteiger partial charge in [-0.25, -0.2) is 17.8 Å². The summed E-state index contributed by atoms with van der Waals surface area (Å²) in [4.78, 5) is 18.2. The van der Waals surface area contributed by atoms with Gasteiger partial charge in [-0.2, -0.15) is 0 Å². The Balaban J connectivity index is 1.73. The van der Waals surface area contributed by atoms with Crippen LogP contribution in [0, 0.1) is 12.7 Å². The number of nitrogens with one attached hydrogen (secondary N) is 1. The van der Waals surface area contributed by atoms with Crippen molar-refractivity contribution in [2.24, 2.45) is 0 Å². The maximum Gasteiger partial charge on any atom is 0.263 e. The standard InChI is InChI=1S/C20H16FN3O4S/c1-12-10-13(5-7-16(12)21)23-29(26,27)14-6-8-17-15(11-14)20(25)24(2)19-18(28-17)4-3-9-22-19/h3-11,23H,1-2H3. The SMILES string of the molecule is Cc1cc(NS(=O)(=O)c2ccc3c(c2)C(=O)N(C)c2ncccc2O3)ccc1F. The molecular formula is C20H16FN3O4S. The number of hydrogen-bond acceptors (Lipinski definition) is 5. The molecule has 2 heterocycles. The monoisotopic (exact) mass is 413 g/mol. The summed E-state index contributed by atoms with van der Waals surface area (Å²) in [7, 11) is -2.48. The summed E-state index contributed by atoms with van der Waals surface area (Å²) in [6.07, 6.45) is 1.53. The van der Waals surface area contributed by atoms with Crippen LogP contribution in [0.2, 0.25) is 0 Å². The number of anilines is 2. The number of fused-ring (bicyclic) bond motifs is 2. The van der Waals surface area contributed by atoms with Gasteiger partial charge in [0.15, 0.2) is 11.6 Å². The predicted octanol–water partition coefficient (Wildman–Crippen LogP) is 3.71. The molecule has 1 aliphatic rings. The summed E-state index contributed by atoms with van der Waals surface area (Å²) >= 11 is 0. The van der Waals surface area contributed by atoms with Gasteiger partial charge in [-0.3, -0.25) is 14.4 Å². The Labute approximate surface area is 166 Å². The molecule has 148 valence electrons. The van der Waals surface area contributed by atoms with E-state index in [-0.39, 0.29) is 21.9 Å². The largest absolute Gasteiger partial charge is 0.453 e. The Morgan fingerprint density at radius 1 is 1.10 bits per heavy atom. The van der Waals surface area contributed by atoms with Gasteiger partial charge in [0, 0.05) is 18.9 Å². The van der Waals surface area contributed by atoms with Crippen molar-refractivity contribution in [1.82, 2.24) is 4.98 Å². The fourth-order valence-corrected chi connectivity index (χ4v) is 4.04. The van der Waals surface area contributed by atoms with E-state index in [2.05, 4.69) is 9.71 Å². The maximum absolute atomic E-state index is 13.4. The van der Waals surface area contributed by atoms with Gasteiger partial charge in [-0.1, -0.05) is 0 Å². The minimum Gasteiger partial charge on any atom is -0.453 e. The first-order valence-electron chi connectivity index (χ1n) is 8.60. The van der Waals surface area contributed by atoms with Crippen LogP contribution in [0.5, 0.6) is 11.5 Å². The van der Waals surface area contributed by atoms with Crippen molar-refractivity contribution in [1.29, 1.82) is 0 Å². The fourth-order valence-electron chi connectivity index (χ4n) is 2.96. The van der Waals surface area contributed by atoms with Crippen molar-refractivity contribution < 1.29 is 22.3 Å². The Bertz CT molecular complexity index is 1240. The summed E-state index contributed by atoms with van der Waals surface area (Å²) in [5.74, 6) is 0.0601. The molecule has 0 unspecified atom stereocenters. The minimum atomic E-state index is -4.01. The van der Waals surface area contributed by atoms with E-state index in [4.69, 9.17) is 4.74 Å². The predicted molar refractivity (Wildman–Crippen MR) is 105 cm³/mol. The second kappa shape index (κ2) is 6.85. The molecule has 2 aromatic carbocycles. The number of carbonyl (C=O) groups is 1.